The molecule has 4 rings (SSSR count). The van der Waals surface area contributed by atoms with Gasteiger partial charge in [0, 0.05) is 36.5 Å². The van der Waals surface area contributed by atoms with Crippen molar-refractivity contribution in [2.24, 2.45) is 0 Å². The molecule has 1 aliphatic rings. The molecule has 0 N–H and O–H groups in total. The highest BCUT2D eigenvalue weighted by atomic mass is 35.5. The van der Waals surface area contributed by atoms with Gasteiger partial charge >= 0.3 is 6.18 Å². The standard InChI is InChI=1S/C24H21ClF3N/c25-19-10-6-9-18(13-19)21-15-29(14-17-7-2-1-3-8-17)16-22(21)20-11-4-5-12-23(20)24(26,27)28/h1-13,21-22H,14-16H2. The van der Waals surface area contributed by atoms with Gasteiger partial charge in [0.1, 0.15) is 0 Å². The molecule has 0 radical (unpaired) electrons. The van der Waals surface area contributed by atoms with Crippen LogP contribution in [-0.2, 0) is 12.7 Å². The number of benzene rings is 3. The van der Waals surface area contributed by atoms with Gasteiger partial charge in [-0.1, -0.05) is 72.3 Å². The second-order valence-corrected chi connectivity index (χ2v) is 7.97. The minimum Gasteiger partial charge on any atom is -0.298 e. The minimum absolute atomic E-state index is 0.0547. The first-order chi connectivity index (χ1) is 13.9. The van der Waals surface area contributed by atoms with Gasteiger partial charge in [0.2, 0.25) is 0 Å². The van der Waals surface area contributed by atoms with E-state index in [2.05, 4.69) is 4.90 Å². The molecule has 5 heteroatoms. The van der Waals surface area contributed by atoms with Crippen LogP contribution >= 0.6 is 11.6 Å². The van der Waals surface area contributed by atoms with Gasteiger partial charge in [0.15, 0.2) is 0 Å². The number of nitrogens with zero attached hydrogens (tertiary/aromatic N) is 1. The molecular weight excluding hydrogens is 395 g/mol. The Labute approximate surface area is 173 Å². The van der Waals surface area contributed by atoms with Crippen molar-refractivity contribution in [3.05, 3.63) is 106 Å². The fourth-order valence-corrected chi connectivity index (χ4v) is 4.52. The molecule has 2 unspecified atom stereocenters. The number of halogens is 4. The monoisotopic (exact) mass is 415 g/mol. The summed E-state index contributed by atoms with van der Waals surface area (Å²) in [5.41, 5.74) is 1.95. The predicted molar refractivity (Wildman–Crippen MR) is 110 cm³/mol. The minimum atomic E-state index is -4.37. The lowest BCUT2D eigenvalue weighted by molar-refractivity contribution is -0.138. The quantitative estimate of drug-likeness (QED) is 0.456. The number of rotatable bonds is 4. The molecule has 1 fully saturated rings. The van der Waals surface area contributed by atoms with Crippen LogP contribution in [0.4, 0.5) is 13.2 Å². The average molecular weight is 416 g/mol. The third-order valence-electron chi connectivity index (χ3n) is 5.59. The summed E-state index contributed by atoms with van der Waals surface area (Å²) in [6, 6.07) is 23.5. The lowest BCUT2D eigenvalue weighted by Crippen LogP contribution is -2.20. The van der Waals surface area contributed by atoms with Crippen molar-refractivity contribution in [2.75, 3.05) is 13.1 Å². The fourth-order valence-electron chi connectivity index (χ4n) is 4.32. The Hall–Kier alpha value is -2.30. The Kier molecular flexibility index (Phi) is 5.66. The molecule has 2 atom stereocenters. The maximum Gasteiger partial charge on any atom is 0.416 e. The molecule has 0 saturated carbocycles. The lowest BCUT2D eigenvalue weighted by Gasteiger charge is -2.23. The van der Waals surface area contributed by atoms with Crippen LogP contribution in [0.3, 0.4) is 0 Å². The number of likely N-dealkylation sites (tertiary alicyclic amines) is 1. The number of hydrogen-bond acceptors (Lipinski definition) is 1. The zero-order valence-corrected chi connectivity index (χ0v) is 16.5. The van der Waals surface area contributed by atoms with E-state index in [1.54, 1.807) is 18.2 Å². The summed E-state index contributed by atoms with van der Waals surface area (Å²) in [7, 11) is 0. The summed E-state index contributed by atoms with van der Waals surface area (Å²) in [4.78, 5) is 2.23. The van der Waals surface area contributed by atoms with Gasteiger partial charge in [-0.3, -0.25) is 4.90 Å². The number of hydrogen-bond donors (Lipinski definition) is 0. The Balaban J connectivity index is 1.71. The van der Waals surface area contributed by atoms with Gasteiger partial charge in [0.25, 0.3) is 0 Å². The van der Waals surface area contributed by atoms with Crippen LogP contribution in [0.25, 0.3) is 0 Å². The molecule has 0 amide bonds. The maximum absolute atomic E-state index is 13.7. The Bertz CT molecular complexity index is 971. The van der Waals surface area contributed by atoms with Crippen LogP contribution in [0.2, 0.25) is 5.02 Å². The molecule has 1 heterocycles. The molecular formula is C24H21ClF3N. The van der Waals surface area contributed by atoms with Crippen molar-refractivity contribution in [2.45, 2.75) is 24.6 Å². The average Bonchev–Trinajstić information content (AvgIpc) is 3.12. The van der Waals surface area contributed by atoms with Crippen LogP contribution in [0.1, 0.15) is 34.1 Å². The van der Waals surface area contributed by atoms with Crippen molar-refractivity contribution in [1.82, 2.24) is 4.90 Å². The molecule has 0 aromatic heterocycles. The smallest absolute Gasteiger partial charge is 0.298 e. The van der Waals surface area contributed by atoms with E-state index in [0.717, 1.165) is 11.1 Å². The van der Waals surface area contributed by atoms with Crippen molar-refractivity contribution in [3.8, 4) is 0 Å². The predicted octanol–water partition coefficient (Wildman–Crippen LogP) is 6.74. The van der Waals surface area contributed by atoms with Gasteiger partial charge in [0.05, 0.1) is 5.56 Å². The van der Waals surface area contributed by atoms with Crippen LogP contribution in [0.5, 0.6) is 0 Å². The molecule has 3 aromatic rings. The maximum atomic E-state index is 13.7. The molecule has 1 saturated heterocycles. The van der Waals surface area contributed by atoms with Crippen LogP contribution < -0.4 is 0 Å². The lowest BCUT2D eigenvalue weighted by atomic mass is 9.82. The molecule has 0 aliphatic carbocycles. The van der Waals surface area contributed by atoms with Gasteiger partial charge in [-0.15, -0.1) is 0 Å². The van der Waals surface area contributed by atoms with Crippen LogP contribution in [0, 0.1) is 0 Å². The molecule has 29 heavy (non-hydrogen) atoms. The second-order valence-electron chi connectivity index (χ2n) is 7.53. The van der Waals surface area contributed by atoms with Crippen LogP contribution in [0.15, 0.2) is 78.9 Å². The summed E-state index contributed by atoms with van der Waals surface area (Å²) >= 11 is 6.19. The summed E-state index contributed by atoms with van der Waals surface area (Å²) in [5, 5.41) is 0.604. The van der Waals surface area contributed by atoms with E-state index in [1.165, 1.54) is 12.1 Å². The number of alkyl halides is 3. The first kappa shape index (κ1) is 20.0. The van der Waals surface area contributed by atoms with Crippen molar-refractivity contribution in [1.29, 1.82) is 0 Å². The van der Waals surface area contributed by atoms with E-state index in [0.29, 0.717) is 30.2 Å². The third-order valence-corrected chi connectivity index (χ3v) is 5.82. The van der Waals surface area contributed by atoms with E-state index < -0.39 is 11.7 Å². The molecule has 1 aliphatic heterocycles. The van der Waals surface area contributed by atoms with E-state index in [4.69, 9.17) is 11.6 Å². The fraction of sp³-hybridized carbons (Fsp3) is 0.250. The highest BCUT2D eigenvalue weighted by Crippen LogP contribution is 2.45. The molecule has 3 aromatic carbocycles. The van der Waals surface area contributed by atoms with Gasteiger partial charge in [-0.05, 0) is 34.9 Å². The largest absolute Gasteiger partial charge is 0.416 e. The zero-order valence-electron chi connectivity index (χ0n) is 15.7. The normalized spacial score (nSPS) is 20.1. The highest BCUT2D eigenvalue weighted by Gasteiger charge is 2.41. The Morgan fingerprint density at radius 1 is 0.828 bits per heavy atom. The Morgan fingerprint density at radius 3 is 2.24 bits per heavy atom. The van der Waals surface area contributed by atoms with Gasteiger partial charge in [-0.25, -0.2) is 0 Å². The summed E-state index contributed by atoms with van der Waals surface area (Å²) in [6.07, 6.45) is -4.37. The van der Waals surface area contributed by atoms with Crippen molar-refractivity contribution < 1.29 is 13.2 Å². The summed E-state index contributed by atoms with van der Waals surface area (Å²) < 4.78 is 41.1. The van der Waals surface area contributed by atoms with Gasteiger partial charge < -0.3 is 0 Å². The Morgan fingerprint density at radius 2 is 1.52 bits per heavy atom. The molecule has 150 valence electrons. The highest BCUT2D eigenvalue weighted by molar-refractivity contribution is 6.30. The summed E-state index contributed by atoms with van der Waals surface area (Å²) in [6.45, 7) is 1.97. The molecule has 0 spiro atoms. The first-order valence-electron chi connectivity index (χ1n) is 9.59. The summed E-state index contributed by atoms with van der Waals surface area (Å²) in [5.74, 6) is -0.309. The topological polar surface area (TPSA) is 3.24 Å². The van der Waals surface area contributed by atoms with Crippen molar-refractivity contribution >= 4 is 11.6 Å². The zero-order chi connectivity index (χ0) is 20.4. The van der Waals surface area contributed by atoms with E-state index in [-0.39, 0.29) is 11.8 Å². The third kappa shape index (κ3) is 4.49. The van der Waals surface area contributed by atoms with E-state index in [9.17, 15) is 13.2 Å². The first-order valence-corrected chi connectivity index (χ1v) is 9.97. The van der Waals surface area contributed by atoms with Crippen LogP contribution in [-0.4, -0.2) is 18.0 Å². The van der Waals surface area contributed by atoms with E-state index in [1.807, 2.05) is 48.5 Å². The SMILES string of the molecule is FC(F)(F)c1ccccc1C1CN(Cc2ccccc2)CC1c1cccc(Cl)c1. The van der Waals surface area contributed by atoms with Crippen molar-refractivity contribution in [3.63, 3.8) is 0 Å². The molecule has 1 nitrogen and oxygen atoms in total. The van der Waals surface area contributed by atoms with E-state index >= 15 is 0 Å². The second kappa shape index (κ2) is 8.21. The molecule has 0 bridgehead atoms. The van der Waals surface area contributed by atoms with Gasteiger partial charge in [-0.2, -0.15) is 13.2 Å².